The van der Waals surface area contributed by atoms with Gasteiger partial charge in [-0.05, 0) is 25.7 Å². The number of nitrogens with two attached hydrogens (primary N) is 1. The zero-order valence-corrected chi connectivity index (χ0v) is 12.6. The molecular formula is C14H27N3O2. The van der Waals surface area contributed by atoms with Crippen LogP contribution in [0.25, 0.3) is 0 Å². The second-order valence-electron chi connectivity index (χ2n) is 5.66. The Hall–Kier alpha value is -1.10. The Morgan fingerprint density at radius 1 is 1.42 bits per heavy atom. The normalized spacial score (nSPS) is 21.4. The van der Waals surface area contributed by atoms with Crippen LogP contribution in [0.1, 0.15) is 40.5 Å². The highest BCUT2D eigenvalue weighted by molar-refractivity contribution is 5.82. The van der Waals surface area contributed by atoms with E-state index in [4.69, 9.17) is 5.73 Å². The van der Waals surface area contributed by atoms with E-state index in [0.29, 0.717) is 13.1 Å². The van der Waals surface area contributed by atoms with E-state index in [0.717, 1.165) is 19.4 Å². The van der Waals surface area contributed by atoms with Crippen molar-refractivity contribution in [3.05, 3.63) is 0 Å². The van der Waals surface area contributed by atoms with Gasteiger partial charge in [-0.2, -0.15) is 0 Å². The molecule has 0 aromatic carbocycles. The van der Waals surface area contributed by atoms with E-state index in [9.17, 15) is 9.59 Å². The highest BCUT2D eigenvalue weighted by Crippen LogP contribution is 2.17. The lowest BCUT2D eigenvalue weighted by Gasteiger charge is -2.39. The molecule has 2 amide bonds. The smallest absolute Gasteiger partial charge is 0.239 e. The molecule has 1 heterocycles. The second kappa shape index (κ2) is 6.89. The molecule has 1 rings (SSSR count). The number of hydrogen-bond donors (Lipinski definition) is 1. The van der Waals surface area contributed by atoms with Crippen molar-refractivity contribution in [3.8, 4) is 0 Å². The zero-order chi connectivity index (χ0) is 14.6. The fourth-order valence-electron chi connectivity index (χ4n) is 2.64. The van der Waals surface area contributed by atoms with Crippen molar-refractivity contribution >= 4 is 11.8 Å². The third-order valence-corrected chi connectivity index (χ3v) is 3.90. The van der Waals surface area contributed by atoms with Crippen LogP contribution in [0.2, 0.25) is 0 Å². The predicted octanol–water partition coefficient (Wildman–Crippen LogP) is 0.829. The van der Waals surface area contributed by atoms with Gasteiger partial charge in [0.25, 0.3) is 0 Å². The van der Waals surface area contributed by atoms with E-state index in [1.165, 1.54) is 0 Å². The number of likely N-dealkylation sites (tertiary alicyclic amines) is 1. The maximum atomic E-state index is 12.3. The first-order valence-electron chi connectivity index (χ1n) is 7.20. The molecule has 0 aromatic rings. The van der Waals surface area contributed by atoms with Crippen LogP contribution in [0, 0.1) is 5.92 Å². The first-order valence-corrected chi connectivity index (χ1v) is 7.20. The number of rotatable bonds is 4. The molecule has 1 fully saturated rings. The summed E-state index contributed by atoms with van der Waals surface area (Å²) in [5, 5.41) is 0. The van der Waals surface area contributed by atoms with Gasteiger partial charge in [0.05, 0.1) is 6.04 Å². The lowest BCUT2D eigenvalue weighted by molar-refractivity contribution is -0.139. The van der Waals surface area contributed by atoms with E-state index >= 15 is 0 Å². The Balaban J connectivity index is 2.69. The van der Waals surface area contributed by atoms with Gasteiger partial charge in [0, 0.05) is 32.6 Å². The van der Waals surface area contributed by atoms with Gasteiger partial charge in [0.15, 0.2) is 0 Å². The van der Waals surface area contributed by atoms with E-state index in [1.807, 2.05) is 30.6 Å². The molecule has 0 saturated carbocycles. The maximum Gasteiger partial charge on any atom is 0.239 e. The topological polar surface area (TPSA) is 66.6 Å². The van der Waals surface area contributed by atoms with Crippen LogP contribution in [0.4, 0.5) is 0 Å². The molecule has 0 radical (unpaired) electrons. The van der Waals surface area contributed by atoms with Gasteiger partial charge >= 0.3 is 0 Å². The summed E-state index contributed by atoms with van der Waals surface area (Å²) in [4.78, 5) is 27.5. The summed E-state index contributed by atoms with van der Waals surface area (Å²) in [6.45, 7) is 9.54. The average Bonchev–Trinajstić information content (AvgIpc) is 2.37. The average molecular weight is 269 g/mol. The van der Waals surface area contributed by atoms with Crippen LogP contribution in [0.3, 0.4) is 0 Å². The Labute approximate surface area is 116 Å². The highest BCUT2D eigenvalue weighted by Gasteiger charge is 2.31. The summed E-state index contributed by atoms with van der Waals surface area (Å²) in [5.74, 6) is 0.234. The number of hydrogen-bond acceptors (Lipinski definition) is 3. The lowest BCUT2D eigenvalue weighted by Crippen LogP contribution is -2.55. The summed E-state index contributed by atoms with van der Waals surface area (Å²) in [5.41, 5.74) is 5.93. The van der Waals surface area contributed by atoms with Crippen LogP contribution in [0.5, 0.6) is 0 Å². The van der Waals surface area contributed by atoms with E-state index in [1.54, 1.807) is 6.92 Å². The Kier molecular flexibility index (Phi) is 5.79. The summed E-state index contributed by atoms with van der Waals surface area (Å²) < 4.78 is 0. The van der Waals surface area contributed by atoms with Crippen LogP contribution in [-0.4, -0.2) is 53.3 Å². The van der Waals surface area contributed by atoms with Gasteiger partial charge in [-0.25, -0.2) is 0 Å². The van der Waals surface area contributed by atoms with Crippen molar-refractivity contribution in [3.63, 3.8) is 0 Å². The lowest BCUT2D eigenvalue weighted by atomic mass is 9.99. The summed E-state index contributed by atoms with van der Waals surface area (Å²) >= 11 is 0. The Morgan fingerprint density at radius 2 is 2.05 bits per heavy atom. The van der Waals surface area contributed by atoms with Crippen molar-refractivity contribution in [2.45, 2.75) is 52.6 Å². The van der Waals surface area contributed by atoms with Crippen molar-refractivity contribution in [2.75, 3.05) is 19.6 Å². The first-order chi connectivity index (χ1) is 8.88. The fourth-order valence-corrected chi connectivity index (χ4v) is 2.64. The number of piperidine rings is 1. The molecule has 5 nitrogen and oxygen atoms in total. The summed E-state index contributed by atoms with van der Waals surface area (Å²) in [7, 11) is 0. The van der Waals surface area contributed by atoms with E-state index in [2.05, 4.69) is 0 Å². The quantitative estimate of drug-likeness (QED) is 0.822. The van der Waals surface area contributed by atoms with E-state index < -0.39 is 6.04 Å². The van der Waals surface area contributed by atoms with Gasteiger partial charge < -0.3 is 15.5 Å². The molecule has 0 spiro atoms. The minimum atomic E-state index is -0.439. The molecule has 1 saturated heterocycles. The number of amides is 2. The molecule has 2 N–H and O–H groups in total. The van der Waals surface area contributed by atoms with E-state index in [-0.39, 0.29) is 23.8 Å². The predicted molar refractivity (Wildman–Crippen MR) is 75.5 cm³/mol. The summed E-state index contributed by atoms with van der Waals surface area (Å²) in [6.07, 6.45) is 1.90. The van der Waals surface area contributed by atoms with Crippen LogP contribution in [0.15, 0.2) is 0 Å². The Morgan fingerprint density at radius 3 is 2.53 bits per heavy atom. The molecule has 5 heteroatoms. The number of carbonyl (C=O) groups is 2. The van der Waals surface area contributed by atoms with Crippen molar-refractivity contribution in [1.82, 2.24) is 9.80 Å². The largest absolute Gasteiger partial charge is 0.339 e. The highest BCUT2D eigenvalue weighted by atomic mass is 16.2. The monoisotopic (exact) mass is 269 g/mol. The van der Waals surface area contributed by atoms with Crippen LogP contribution >= 0.6 is 0 Å². The molecule has 1 aliphatic heterocycles. The molecule has 0 bridgehead atoms. The minimum absolute atomic E-state index is 0.0132. The molecule has 110 valence electrons. The van der Waals surface area contributed by atoms with Gasteiger partial charge in [0.2, 0.25) is 11.8 Å². The molecule has 1 aliphatic rings. The molecule has 19 heavy (non-hydrogen) atoms. The van der Waals surface area contributed by atoms with Gasteiger partial charge in [-0.3, -0.25) is 9.59 Å². The standard InChI is InChI=1S/C14H27N3O2/c1-5-17(11(4)18)12-7-6-8-16(9-12)14(19)13(15)10(2)3/h10,12-13H,5-9,15H2,1-4H3/t12-,13-/m0/s1. The fraction of sp³-hybridized carbons (Fsp3) is 0.857. The third-order valence-electron chi connectivity index (χ3n) is 3.90. The van der Waals surface area contributed by atoms with Gasteiger partial charge in [-0.15, -0.1) is 0 Å². The number of carbonyl (C=O) groups excluding carboxylic acids is 2. The van der Waals surface area contributed by atoms with Crippen LogP contribution < -0.4 is 5.73 Å². The molecular weight excluding hydrogens is 242 g/mol. The maximum absolute atomic E-state index is 12.3. The third kappa shape index (κ3) is 3.93. The molecule has 2 atom stereocenters. The van der Waals surface area contributed by atoms with Gasteiger partial charge in [-0.1, -0.05) is 13.8 Å². The Bertz CT molecular complexity index is 331. The molecule has 0 unspecified atom stereocenters. The van der Waals surface area contributed by atoms with Gasteiger partial charge in [0.1, 0.15) is 0 Å². The van der Waals surface area contributed by atoms with Crippen molar-refractivity contribution in [2.24, 2.45) is 11.7 Å². The first kappa shape index (κ1) is 16.0. The molecule has 0 aromatic heterocycles. The SMILES string of the molecule is CCN(C(C)=O)[C@H]1CCCN(C(=O)[C@@H](N)C(C)C)C1. The zero-order valence-electron chi connectivity index (χ0n) is 12.6. The second-order valence-corrected chi connectivity index (χ2v) is 5.66. The summed E-state index contributed by atoms with van der Waals surface area (Å²) in [6, 6.07) is -0.300. The minimum Gasteiger partial charge on any atom is -0.339 e. The number of likely N-dealkylation sites (N-methyl/N-ethyl adjacent to an activating group) is 1. The number of nitrogens with zero attached hydrogens (tertiary/aromatic N) is 2. The van der Waals surface area contributed by atoms with Crippen molar-refractivity contribution < 1.29 is 9.59 Å². The van der Waals surface area contributed by atoms with Crippen molar-refractivity contribution in [1.29, 1.82) is 0 Å². The van der Waals surface area contributed by atoms with Crippen LogP contribution in [-0.2, 0) is 9.59 Å². The molecule has 0 aliphatic carbocycles.